The Morgan fingerprint density at radius 3 is 2.62 bits per heavy atom. The molecule has 0 spiro atoms. The predicted molar refractivity (Wildman–Crippen MR) is 113 cm³/mol. The van der Waals surface area contributed by atoms with Crippen LogP contribution in [-0.4, -0.2) is 26.8 Å². The number of aliphatic carboxylic acids is 1. The highest BCUT2D eigenvalue weighted by Gasteiger charge is 2.30. The molecule has 1 aliphatic heterocycles. The second-order valence-electron chi connectivity index (χ2n) is 6.60. The average Bonchev–Trinajstić information content (AvgIpc) is 3.13. The van der Waals surface area contributed by atoms with Gasteiger partial charge in [0.25, 0.3) is 5.91 Å². The molecule has 29 heavy (non-hydrogen) atoms. The number of fused-ring (bicyclic) bond motifs is 1. The van der Waals surface area contributed by atoms with Crippen molar-refractivity contribution in [3.8, 4) is 0 Å². The zero-order valence-electron chi connectivity index (χ0n) is 15.4. The highest BCUT2D eigenvalue weighted by Crippen LogP contribution is 2.35. The standard InChI is InChI=1S/C21H17BrN4O3/c1-12-6-2-5-9-16(12)25-20(27)14-11-23-26-18(13-7-3-4-8-15(13)22)10-17(21(28)29)24-19(14)26/h2-11,18,24H,1H3,(H,25,27)(H,28,29)/t18-/m1/s1. The highest BCUT2D eigenvalue weighted by atomic mass is 79.9. The third kappa shape index (κ3) is 3.54. The average molecular weight is 453 g/mol. The summed E-state index contributed by atoms with van der Waals surface area (Å²) in [6.45, 7) is 1.90. The van der Waals surface area contributed by atoms with Gasteiger partial charge in [0.15, 0.2) is 0 Å². The minimum atomic E-state index is -1.11. The quantitative estimate of drug-likeness (QED) is 0.551. The number of aromatic nitrogens is 2. The van der Waals surface area contributed by atoms with E-state index < -0.39 is 12.0 Å². The number of aryl methyl sites for hydroxylation is 1. The number of allylic oxidation sites excluding steroid dienone is 1. The number of nitrogens with zero attached hydrogens (tertiary/aromatic N) is 2. The van der Waals surface area contributed by atoms with Gasteiger partial charge in [0.1, 0.15) is 23.1 Å². The molecule has 2 heterocycles. The highest BCUT2D eigenvalue weighted by molar-refractivity contribution is 9.10. The summed E-state index contributed by atoms with van der Waals surface area (Å²) in [4.78, 5) is 24.6. The molecule has 1 amide bonds. The Morgan fingerprint density at radius 1 is 1.17 bits per heavy atom. The van der Waals surface area contributed by atoms with Crippen LogP contribution < -0.4 is 10.6 Å². The topological polar surface area (TPSA) is 96.3 Å². The molecule has 1 aliphatic rings. The number of hydrogen-bond acceptors (Lipinski definition) is 4. The normalized spacial score (nSPS) is 15.1. The summed E-state index contributed by atoms with van der Waals surface area (Å²) < 4.78 is 2.43. The lowest BCUT2D eigenvalue weighted by atomic mass is 10.0. The van der Waals surface area contributed by atoms with Gasteiger partial charge in [-0.05, 0) is 36.3 Å². The molecule has 7 nitrogen and oxygen atoms in total. The first-order chi connectivity index (χ1) is 14.0. The van der Waals surface area contributed by atoms with Crippen molar-refractivity contribution in [2.24, 2.45) is 0 Å². The number of carbonyl (C=O) groups is 2. The molecular formula is C21H17BrN4O3. The molecule has 0 saturated carbocycles. The molecule has 0 aliphatic carbocycles. The monoisotopic (exact) mass is 452 g/mol. The van der Waals surface area contributed by atoms with Crippen molar-refractivity contribution >= 4 is 39.3 Å². The van der Waals surface area contributed by atoms with Gasteiger partial charge in [0.2, 0.25) is 0 Å². The van der Waals surface area contributed by atoms with Gasteiger partial charge in [-0.3, -0.25) is 4.79 Å². The lowest BCUT2D eigenvalue weighted by Gasteiger charge is -2.25. The molecule has 146 valence electrons. The number of anilines is 2. The number of halogens is 1. The van der Waals surface area contributed by atoms with Crippen LogP contribution in [0.5, 0.6) is 0 Å². The number of carboxylic acids is 1. The SMILES string of the molecule is Cc1ccccc1NC(=O)c1cnn2c1NC(C(=O)O)=C[C@@H]2c1ccccc1Br. The summed E-state index contributed by atoms with van der Waals surface area (Å²) in [6, 6.07) is 14.5. The summed E-state index contributed by atoms with van der Waals surface area (Å²) in [7, 11) is 0. The molecule has 0 radical (unpaired) electrons. The number of para-hydroxylation sites is 1. The third-order valence-corrected chi connectivity index (χ3v) is 5.45. The molecular weight excluding hydrogens is 436 g/mol. The van der Waals surface area contributed by atoms with Crippen molar-refractivity contribution in [1.29, 1.82) is 0 Å². The van der Waals surface area contributed by atoms with E-state index in [1.165, 1.54) is 6.20 Å². The van der Waals surface area contributed by atoms with Crippen LogP contribution in [0.25, 0.3) is 0 Å². The van der Waals surface area contributed by atoms with E-state index in [0.29, 0.717) is 11.5 Å². The van der Waals surface area contributed by atoms with E-state index in [-0.39, 0.29) is 17.2 Å². The van der Waals surface area contributed by atoms with Crippen LogP contribution in [0.3, 0.4) is 0 Å². The first kappa shape index (κ1) is 18.9. The van der Waals surface area contributed by atoms with Crippen molar-refractivity contribution in [3.05, 3.63) is 87.7 Å². The Morgan fingerprint density at radius 2 is 1.90 bits per heavy atom. The smallest absolute Gasteiger partial charge is 0.352 e. The number of rotatable bonds is 4. The van der Waals surface area contributed by atoms with Crippen LogP contribution in [0.4, 0.5) is 11.5 Å². The summed E-state index contributed by atoms with van der Waals surface area (Å²) in [5.74, 6) is -1.15. The second-order valence-corrected chi connectivity index (χ2v) is 7.45. The maximum absolute atomic E-state index is 12.9. The van der Waals surface area contributed by atoms with E-state index in [2.05, 4.69) is 31.7 Å². The van der Waals surface area contributed by atoms with Crippen molar-refractivity contribution in [3.63, 3.8) is 0 Å². The maximum atomic E-state index is 12.9. The summed E-state index contributed by atoms with van der Waals surface area (Å²) in [5, 5.41) is 19.6. The zero-order chi connectivity index (χ0) is 20.5. The summed E-state index contributed by atoms with van der Waals surface area (Å²) in [6.07, 6.45) is 3.02. The van der Waals surface area contributed by atoms with Crippen LogP contribution in [0, 0.1) is 6.92 Å². The van der Waals surface area contributed by atoms with Crippen molar-refractivity contribution < 1.29 is 14.7 Å². The zero-order valence-corrected chi connectivity index (χ0v) is 17.0. The van der Waals surface area contributed by atoms with Gasteiger partial charge in [-0.2, -0.15) is 5.10 Å². The van der Waals surface area contributed by atoms with Gasteiger partial charge < -0.3 is 15.7 Å². The fourth-order valence-electron chi connectivity index (χ4n) is 3.23. The lowest BCUT2D eigenvalue weighted by Crippen LogP contribution is -2.25. The Hall–Kier alpha value is -3.39. The molecule has 0 unspecified atom stereocenters. The van der Waals surface area contributed by atoms with Gasteiger partial charge in [-0.25, -0.2) is 9.48 Å². The molecule has 3 aromatic rings. The molecule has 1 atom stereocenters. The van der Waals surface area contributed by atoms with Gasteiger partial charge in [-0.1, -0.05) is 52.3 Å². The van der Waals surface area contributed by atoms with Gasteiger partial charge in [0, 0.05) is 10.2 Å². The molecule has 0 bridgehead atoms. The first-order valence-electron chi connectivity index (χ1n) is 8.86. The summed E-state index contributed by atoms with van der Waals surface area (Å²) in [5.41, 5.74) is 2.69. The number of amides is 1. The third-order valence-electron chi connectivity index (χ3n) is 4.73. The minimum absolute atomic E-state index is 0.0105. The van der Waals surface area contributed by atoms with Crippen LogP contribution >= 0.6 is 15.9 Å². The number of carbonyl (C=O) groups excluding carboxylic acids is 1. The van der Waals surface area contributed by atoms with Gasteiger partial charge >= 0.3 is 5.97 Å². The Kier molecular flexibility index (Phi) is 4.94. The number of carboxylic acid groups (broad SMARTS) is 1. The predicted octanol–water partition coefficient (Wildman–Crippen LogP) is 4.19. The van der Waals surface area contributed by atoms with Crippen LogP contribution in [0.1, 0.15) is 27.5 Å². The van der Waals surface area contributed by atoms with Gasteiger partial charge in [-0.15, -0.1) is 0 Å². The molecule has 1 aromatic heterocycles. The van der Waals surface area contributed by atoms with Crippen LogP contribution in [0.2, 0.25) is 0 Å². The Labute approximate surface area is 175 Å². The molecule has 4 rings (SSSR count). The van der Waals surface area contributed by atoms with Crippen LogP contribution in [-0.2, 0) is 4.79 Å². The maximum Gasteiger partial charge on any atom is 0.352 e. The lowest BCUT2D eigenvalue weighted by molar-refractivity contribution is -0.132. The Bertz CT molecular complexity index is 1150. The van der Waals surface area contributed by atoms with Gasteiger partial charge in [0.05, 0.1) is 6.20 Å². The van der Waals surface area contributed by atoms with E-state index >= 15 is 0 Å². The van der Waals surface area contributed by atoms with Crippen molar-refractivity contribution in [2.75, 3.05) is 10.6 Å². The number of benzene rings is 2. The fourth-order valence-corrected chi connectivity index (χ4v) is 3.74. The molecule has 0 saturated heterocycles. The van der Waals surface area contributed by atoms with E-state index in [1.807, 2.05) is 55.5 Å². The minimum Gasteiger partial charge on any atom is -0.477 e. The van der Waals surface area contributed by atoms with Crippen molar-refractivity contribution in [2.45, 2.75) is 13.0 Å². The molecule has 2 aromatic carbocycles. The van der Waals surface area contributed by atoms with E-state index in [9.17, 15) is 14.7 Å². The first-order valence-corrected chi connectivity index (χ1v) is 9.66. The molecule has 0 fully saturated rings. The number of hydrogen-bond donors (Lipinski definition) is 3. The second kappa shape index (κ2) is 7.56. The van der Waals surface area contributed by atoms with Crippen molar-refractivity contribution in [1.82, 2.24) is 9.78 Å². The Balaban J connectivity index is 1.75. The largest absolute Gasteiger partial charge is 0.477 e. The molecule has 3 N–H and O–H groups in total. The van der Waals surface area contributed by atoms with E-state index in [1.54, 1.807) is 10.8 Å². The number of nitrogens with one attached hydrogen (secondary N) is 2. The van der Waals surface area contributed by atoms with E-state index in [4.69, 9.17) is 0 Å². The van der Waals surface area contributed by atoms with Crippen LogP contribution in [0.15, 0.2) is 71.0 Å². The fraction of sp³-hybridized carbons (Fsp3) is 0.0952. The molecule has 8 heteroatoms. The van der Waals surface area contributed by atoms with E-state index in [0.717, 1.165) is 15.6 Å². The summed E-state index contributed by atoms with van der Waals surface area (Å²) >= 11 is 3.51.